The molecular weight excluding hydrogens is 220 g/mol. The van der Waals surface area contributed by atoms with Gasteiger partial charge in [-0.1, -0.05) is 0 Å². The van der Waals surface area contributed by atoms with Crippen LogP contribution in [0.3, 0.4) is 0 Å². The van der Waals surface area contributed by atoms with Crippen LogP contribution in [0.1, 0.15) is 5.56 Å². The second kappa shape index (κ2) is 5.15. The SMILES string of the molecule is CNc1nc(N)nc(NCCc2ccoc2)n1. The van der Waals surface area contributed by atoms with Crippen LogP contribution in [0.15, 0.2) is 23.0 Å². The van der Waals surface area contributed by atoms with Crippen molar-refractivity contribution in [2.75, 3.05) is 30.0 Å². The van der Waals surface area contributed by atoms with E-state index in [1.165, 1.54) is 0 Å². The second-order valence-corrected chi connectivity index (χ2v) is 3.40. The molecule has 0 amide bonds. The van der Waals surface area contributed by atoms with Gasteiger partial charge in [0.2, 0.25) is 17.8 Å². The average Bonchev–Trinajstić information content (AvgIpc) is 2.81. The van der Waals surface area contributed by atoms with E-state index in [4.69, 9.17) is 10.2 Å². The lowest BCUT2D eigenvalue weighted by Gasteiger charge is -2.05. The maximum absolute atomic E-state index is 5.54. The van der Waals surface area contributed by atoms with Crippen molar-refractivity contribution >= 4 is 17.8 Å². The molecule has 7 nitrogen and oxygen atoms in total. The second-order valence-electron chi connectivity index (χ2n) is 3.40. The Labute approximate surface area is 98.5 Å². The number of nitrogens with two attached hydrogens (primary N) is 1. The topological polar surface area (TPSA) is 102 Å². The van der Waals surface area contributed by atoms with Gasteiger partial charge in [0, 0.05) is 13.6 Å². The predicted molar refractivity (Wildman–Crippen MR) is 64.7 cm³/mol. The summed E-state index contributed by atoms with van der Waals surface area (Å²) in [4.78, 5) is 12.0. The van der Waals surface area contributed by atoms with E-state index in [0.717, 1.165) is 12.0 Å². The van der Waals surface area contributed by atoms with Crippen molar-refractivity contribution in [3.8, 4) is 0 Å². The molecule has 2 aromatic heterocycles. The number of nitrogen functional groups attached to an aromatic ring is 1. The molecule has 0 aliphatic heterocycles. The summed E-state index contributed by atoms with van der Waals surface area (Å²) in [7, 11) is 1.73. The van der Waals surface area contributed by atoms with E-state index < -0.39 is 0 Å². The van der Waals surface area contributed by atoms with Crippen molar-refractivity contribution in [1.82, 2.24) is 15.0 Å². The molecule has 90 valence electrons. The number of nitrogens with one attached hydrogen (secondary N) is 2. The maximum Gasteiger partial charge on any atom is 0.229 e. The van der Waals surface area contributed by atoms with Crippen LogP contribution >= 0.6 is 0 Å². The van der Waals surface area contributed by atoms with Crippen molar-refractivity contribution in [3.05, 3.63) is 24.2 Å². The standard InChI is InChI=1S/C10H14N6O/c1-12-9-14-8(11)15-10(16-9)13-4-2-7-3-5-17-6-7/h3,5-6H,2,4H2,1H3,(H4,11,12,13,14,15,16). The van der Waals surface area contributed by atoms with Gasteiger partial charge in [0.05, 0.1) is 12.5 Å². The van der Waals surface area contributed by atoms with Gasteiger partial charge < -0.3 is 20.8 Å². The highest BCUT2D eigenvalue weighted by molar-refractivity contribution is 5.39. The molecule has 0 saturated carbocycles. The van der Waals surface area contributed by atoms with E-state index in [0.29, 0.717) is 18.4 Å². The summed E-state index contributed by atoms with van der Waals surface area (Å²) in [6, 6.07) is 1.92. The molecule has 4 N–H and O–H groups in total. The lowest BCUT2D eigenvalue weighted by Crippen LogP contribution is -2.11. The van der Waals surface area contributed by atoms with Crippen LogP contribution in [-0.2, 0) is 6.42 Å². The normalized spacial score (nSPS) is 10.2. The van der Waals surface area contributed by atoms with Crippen molar-refractivity contribution < 1.29 is 4.42 Å². The molecule has 2 heterocycles. The van der Waals surface area contributed by atoms with Crippen LogP contribution in [0.4, 0.5) is 17.8 Å². The summed E-state index contributed by atoms with van der Waals surface area (Å²) in [5.41, 5.74) is 6.66. The van der Waals surface area contributed by atoms with Gasteiger partial charge in [-0.25, -0.2) is 0 Å². The monoisotopic (exact) mass is 234 g/mol. The Hall–Kier alpha value is -2.31. The minimum Gasteiger partial charge on any atom is -0.472 e. The fraction of sp³-hybridized carbons (Fsp3) is 0.300. The Balaban J connectivity index is 1.92. The largest absolute Gasteiger partial charge is 0.472 e. The van der Waals surface area contributed by atoms with Gasteiger partial charge in [0.15, 0.2) is 0 Å². The summed E-state index contributed by atoms with van der Waals surface area (Å²) < 4.78 is 4.97. The summed E-state index contributed by atoms with van der Waals surface area (Å²) in [5, 5.41) is 5.89. The molecule has 0 saturated heterocycles. The van der Waals surface area contributed by atoms with Gasteiger partial charge in [0.1, 0.15) is 0 Å². The number of anilines is 3. The number of furan rings is 1. The Morgan fingerprint density at radius 1 is 1.29 bits per heavy atom. The van der Waals surface area contributed by atoms with E-state index in [9.17, 15) is 0 Å². The van der Waals surface area contributed by atoms with Crippen LogP contribution in [-0.4, -0.2) is 28.5 Å². The average molecular weight is 234 g/mol. The number of hydrogen-bond acceptors (Lipinski definition) is 7. The first-order chi connectivity index (χ1) is 8.28. The predicted octanol–water partition coefficient (Wildman–Crippen LogP) is 0.743. The third kappa shape index (κ3) is 3.07. The van der Waals surface area contributed by atoms with Crippen LogP contribution in [0.25, 0.3) is 0 Å². The zero-order valence-corrected chi connectivity index (χ0v) is 9.47. The molecule has 7 heteroatoms. The van der Waals surface area contributed by atoms with Gasteiger partial charge in [-0.15, -0.1) is 0 Å². The van der Waals surface area contributed by atoms with Crippen molar-refractivity contribution in [2.45, 2.75) is 6.42 Å². The molecule has 0 aliphatic carbocycles. The van der Waals surface area contributed by atoms with Crippen LogP contribution in [0.2, 0.25) is 0 Å². The maximum atomic E-state index is 5.54. The fourth-order valence-electron chi connectivity index (χ4n) is 1.34. The van der Waals surface area contributed by atoms with Gasteiger partial charge in [0.25, 0.3) is 0 Å². The molecule has 0 radical (unpaired) electrons. The first-order valence-corrected chi connectivity index (χ1v) is 5.22. The first kappa shape index (κ1) is 11.2. The van der Waals surface area contributed by atoms with Gasteiger partial charge >= 0.3 is 0 Å². The highest BCUT2D eigenvalue weighted by Gasteiger charge is 2.02. The number of hydrogen-bond donors (Lipinski definition) is 3. The van der Waals surface area contributed by atoms with Gasteiger partial charge in [-0.3, -0.25) is 0 Å². The van der Waals surface area contributed by atoms with Crippen molar-refractivity contribution in [3.63, 3.8) is 0 Å². The minimum absolute atomic E-state index is 0.190. The fourth-order valence-corrected chi connectivity index (χ4v) is 1.34. The Morgan fingerprint density at radius 2 is 2.12 bits per heavy atom. The van der Waals surface area contributed by atoms with Gasteiger partial charge in [-0.2, -0.15) is 15.0 Å². The molecule has 0 aromatic carbocycles. The Bertz CT molecular complexity index is 470. The van der Waals surface area contributed by atoms with Crippen molar-refractivity contribution in [2.24, 2.45) is 0 Å². The Kier molecular flexibility index (Phi) is 3.39. The zero-order valence-electron chi connectivity index (χ0n) is 9.47. The third-order valence-electron chi connectivity index (χ3n) is 2.15. The number of rotatable bonds is 5. The molecule has 0 unspecified atom stereocenters. The van der Waals surface area contributed by atoms with E-state index in [1.807, 2.05) is 6.07 Å². The quantitative estimate of drug-likeness (QED) is 0.701. The highest BCUT2D eigenvalue weighted by atomic mass is 16.3. The molecule has 17 heavy (non-hydrogen) atoms. The first-order valence-electron chi connectivity index (χ1n) is 5.22. The van der Waals surface area contributed by atoms with Gasteiger partial charge in [-0.05, 0) is 18.1 Å². The summed E-state index contributed by atoms with van der Waals surface area (Å²) in [6.45, 7) is 0.701. The molecule has 0 spiro atoms. The minimum atomic E-state index is 0.190. The van der Waals surface area contributed by atoms with E-state index in [2.05, 4.69) is 25.6 Å². The smallest absolute Gasteiger partial charge is 0.229 e. The zero-order chi connectivity index (χ0) is 12.1. The third-order valence-corrected chi connectivity index (χ3v) is 2.15. The Morgan fingerprint density at radius 3 is 2.82 bits per heavy atom. The molecule has 0 atom stereocenters. The summed E-state index contributed by atoms with van der Waals surface area (Å²) in [5.74, 6) is 1.10. The molecule has 0 bridgehead atoms. The molecule has 0 aliphatic rings. The number of nitrogens with zero attached hydrogens (tertiary/aromatic N) is 3. The lowest BCUT2D eigenvalue weighted by atomic mass is 10.2. The highest BCUT2D eigenvalue weighted by Crippen LogP contribution is 2.06. The molecular formula is C10H14N6O. The van der Waals surface area contributed by atoms with E-state index in [1.54, 1.807) is 19.6 Å². The van der Waals surface area contributed by atoms with Crippen molar-refractivity contribution in [1.29, 1.82) is 0 Å². The molecule has 2 aromatic rings. The summed E-state index contributed by atoms with van der Waals surface area (Å²) >= 11 is 0. The number of aromatic nitrogens is 3. The van der Waals surface area contributed by atoms with E-state index in [-0.39, 0.29) is 5.95 Å². The summed E-state index contributed by atoms with van der Waals surface area (Å²) in [6.07, 6.45) is 4.19. The lowest BCUT2D eigenvalue weighted by molar-refractivity contribution is 0.564. The van der Waals surface area contributed by atoms with Crippen LogP contribution < -0.4 is 16.4 Å². The molecule has 0 fully saturated rings. The van der Waals surface area contributed by atoms with Crippen LogP contribution in [0, 0.1) is 0 Å². The molecule has 2 rings (SSSR count). The van der Waals surface area contributed by atoms with Crippen LogP contribution in [0.5, 0.6) is 0 Å². The van der Waals surface area contributed by atoms with E-state index >= 15 is 0 Å².